The molecule has 1 fully saturated rings. The van der Waals surface area contributed by atoms with Crippen molar-refractivity contribution in [2.45, 2.75) is 18.9 Å². The van der Waals surface area contributed by atoms with E-state index in [0.717, 1.165) is 31.7 Å². The van der Waals surface area contributed by atoms with Crippen molar-refractivity contribution in [1.82, 2.24) is 14.1 Å². The number of aromatic nitrogens is 2. The molecule has 106 valence electrons. The number of amides is 1. The van der Waals surface area contributed by atoms with Gasteiger partial charge in [0.1, 0.15) is 0 Å². The molecule has 1 saturated heterocycles. The molecule has 0 aromatic carbocycles. The number of nitrogens with one attached hydrogen (secondary N) is 1. The number of halogens is 1. The van der Waals surface area contributed by atoms with E-state index in [0.29, 0.717) is 10.4 Å². The molecule has 1 amide bonds. The van der Waals surface area contributed by atoms with Crippen molar-refractivity contribution in [3.8, 4) is 0 Å². The fraction of sp³-hybridized carbons (Fsp3) is 0.417. The topological polar surface area (TPSA) is 71.3 Å². The second-order valence-electron chi connectivity index (χ2n) is 4.60. The Hall–Kier alpha value is -1.41. The molecule has 2 aromatic heterocycles. The molecular weight excluding hydrogens is 344 g/mol. The Labute approximate surface area is 128 Å². The predicted molar refractivity (Wildman–Crippen MR) is 79.0 cm³/mol. The molecular formula is C12H13BrN4O2S. The maximum Gasteiger partial charge on any atom is 0.287 e. The normalized spacial score (nSPS) is 16.4. The molecule has 1 N–H and O–H groups in total. The highest BCUT2D eigenvalue weighted by molar-refractivity contribution is 9.10. The van der Waals surface area contributed by atoms with Gasteiger partial charge in [0, 0.05) is 19.1 Å². The summed E-state index contributed by atoms with van der Waals surface area (Å²) in [5.41, 5.74) is 0. The Morgan fingerprint density at radius 3 is 2.85 bits per heavy atom. The van der Waals surface area contributed by atoms with Gasteiger partial charge in [-0.2, -0.15) is 8.75 Å². The van der Waals surface area contributed by atoms with Crippen LogP contribution in [0.15, 0.2) is 27.4 Å². The van der Waals surface area contributed by atoms with Gasteiger partial charge >= 0.3 is 0 Å². The Bertz CT molecular complexity index is 578. The summed E-state index contributed by atoms with van der Waals surface area (Å²) in [5.74, 6) is 1.10. The van der Waals surface area contributed by atoms with Gasteiger partial charge in [-0.1, -0.05) is 0 Å². The number of hydrogen-bond acceptors (Lipinski definition) is 6. The number of rotatable bonds is 3. The smallest absolute Gasteiger partial charge is 0.287 e. The quantitative estimate of drug-likeness (QED) is 0.913. The number of hydrogen-bond donors (Lipinski definition) is 1. The Balaban J connectivity index is 1.52. The molecule has 1 aliphatic heterocycles. The minimum absolute atomic E-state index is 0.163. The molecule has 0 spiro atoms. The lowest BCUT2D eigenvalue weighted by Crippen LogP contribution is -2.44. The highest BCUT2D eigenvalue weighted by Gasteiger charge is 2.23. The minimum atomic E-state index is -0.163. The van der Waals surface area contributed by atoms with E-state index in [4.69, 9.17) is 4.42 Å². The molecule has 0 saturated carbocycles. The van der Waals surface area contributed by atoms with Crippen molar-refractivity contribution in [3.63, 3.8) is 0 Å². The third-order valence-electron chi connectivity index (χ3n) is 3.30. The van der Waals surface area contributed by atoms with Crippen LogP contribution in [-0.2, 0) is 0 Å². The van der Waals surface area contributed by atoms with Crippen LogP contribution < -0.4 is 10.2 Å². The summed E-state index contributed by atoms with van der Waals surface area (Å²) < 4.78 is 14.0. The Kier molecular flexibility index (Phi) is 4.02. The van der Waals surface area contributed by atoms with Crippen molar-refractivity contribution in [1.29, 1.82) is 0 Å². The minimum Gasteiger partial charge on any atom is -0.444 e. The van der Waals surface area contributed by atoms with Crippen molar-refractivity contribution in [3.05, 3.63) is 28.8 Å². The summed E-state index contributed by atoms with van der Waals surface area (Å²) >= 11 is 4.41. The van der Waals surface area contributed by atoms with Gasteiger partial charge in [0.05, 0.1) is 17.9 Å². The van der Waals surface area contributed by atoms with Gasteiger partial charge in [0.25, 0.3) is 5.91 Å². The van der Waals surface area contributed by atoms with Crippen LogP contribution >= 0.6 is 27.7 Å². The fourth-order valence-electron chi connectivity index (χ4n) is 2.24. The molecule has 0 radical (unpaired) electrons. The number of carbonyl (C=O) groups excluding carboxylic acids is 1. The average Bonchev–Trinajstić information content (AvgIpc) is 3.10. The largest absolute Gasteiger partial charge is 0.444 e. The van der Waals surface area contributed by atoms with Crippen molar-refractivity contribution in [2.75, 3.05) is 18.0 Å². The van der Waals surface area contributed by atoms with E-state index in [-0.39, 0.29) is 11.9 Å². The number of carbonyl (C=O) groups is 1. The molecule has 2 aromatic rings. The van der Waals surface area contributed by atoms with E-state index < -0.39 is 0 Å². The van der Waals surface area contributed by atoms with Crippen LogP contribution in [0.25, 0.3) is 0 Å². The van der Waals surface area contributed by atoms with Gasteiger partial charge in [0.15, 0.2) is 16.2 Å². The average molecular weight is 357 g/mol. The summed E-state index contributed by atoms with van der Waals surface area (Å²) in [5, 5.41) is 3.00. The molecule has 3 heterocycles. The van der Waals surface area contributed by atoms with Crippen molar-refractivity contribution in [2.24, 2.45) is 0 Å². The number of furan rings is 1. The first-order chi connectivity index (χ1) is 9.72. The first-order valence-electron chi connectivity index (χ1n) is 6.31. The van der Waals surface area contributed by atoms with Gasteiger partial charge in [-0.15, -0.1) is 0 Å². The van der Waals surface area contributed by atoms with Crippen LogP contribution in [0.3, 0.4) is 0 Å². The van der Waals surface area contributed by atoms with E-state index in [2.05, 4.69) is 34.9 Å². The summed E-state index contributed by atoms with van der Waals surface area (Å²) in [6, 6.07) is 3.55. The summed E-state index contributed by atoms with van der Waals surface area (Å²) in [6.07, 6.45) is 3.57. The lowest BCUT2D eigenvalue weighted by atomic mass is 10.1. The molecule has 0 atom stereocenters. The first-order valence-corrected chi connectivity index (χ1v) is 7.83. The van der Waals surface area contributed by atoms with Crippen LogP contribution in [0.1, 0.15) is 23.4 Å². The number of nitrogens with zero attached hydrogens (tertiary/aromatic N) is 3. The first kappa shape index (κ1) is 13.6. The molecule has 0 aliphatic carbocycles. The zero-order chi connectivity index (χ0) is 13.9. The van der Waals surface area contributed by atoms with Gasteiger partial charge in [-0.25, -0.2) is 0 Å². The van der Waals surface area contributed by atoms with Gasteiger partial charge in [-0.05, 0) is 40.9 Å². The third kappa shape index (κ3) is 3.01. The lowest BCUT2D eigenvalue weighted by Gasteiger charge is -2.31. The zero-order valence-corrected chi connectivity index (χ0v) is 13.0. The van der Waals surface area contributed by atoms with E-state index in [1.165, 1.54) is 11.7 Å². The zero-order valence-electron chi connectivity index (χ0n) is 10.6. The number of anilines is 1. The SMILES string of the molecule is O=C(NC1CCN(c2cnsn2)CC1)c1ccc(Br)o1. The molecule has 1 aliphatic rings. The molecule has 0 unspecified atom stereocenters. The van der Waals surface area contributed by atoms with E-state index >= 15 is 0 Å². The van der Waals surface area contributed by atoms with Crippen molar-refractivity contribution >= 4 is 39.4 Å². The molecule has 3 rings (SSSR count). The highest BCUT2D eigenvalue weighted by atomic mass is 79.9. The summed E-state index contributed by atoms with van der Waals surface area (Å²) in [7, 11) is 0. The Morgan fingerprint density at radius 2 is 2.25 bits per heavy atom. The Morgan fingerprint density at radius 1 is 1.45 bits per heavy atom. The highest BCUT2D eigenvalue weighted by Crippen LogP contribution is 2.19. The van der Waals surface area contributed by atoms with Crippen LogP contribution in [0.4, 0.5) is 5.82 Å². The second kappa shape index (κ2) is 5.92. The van der Waals surface area contributed by atoms with E-state index in [9.17, 15) is 4.79 Å². The van der Waals surface area contributed by atoms with E-state index in [1.807, 2.05) is 0 Å². The number of piperidine rings is 1. The van der Waals surface area contributed by atoms with Crippen LogP contribution in [-0.4, -0.2) is 33.8 Å². The summed E-state index contributed by atoms with van der Waals surface area (Å²) in [4.78, 5) is 14.2. The fourth-order valence-corrected chi connectivity index (χ4v) is 2.99. The molecule has 8 heteroatoms. The monoisotopic (exact) mass is 356 g/mol. The predicted octanol–water partition coefficient (Wildman–Crippen LogP) is 2.29. The van der Waals surface area contributed by atoms with Crippen molar-refractivity contribution < 1.29 is 9.21 Å². The maximum absolute atomic E-state index is 12.0. The summed E-state index contributed by atoms with van der Waals surface area (Å²) in [6.45, 7) is 1.75. The second-order valence-corrected chi connectivity index (χ2v) is 5.94. The standard InChI is InChI=1S/C12H13BrN4O2S/c13-10-2-1-9(19-10)12(18)15-8-3-5-17(6-4-8)11-7-14-20-16-11/h1-2,7-8H,3-6H2,(H,15,18). The third-order valence-corrected chi connectivity index (χ3v) is 4.20. The maximum atomic E-state index is 12.0. The van der Waals surface area contributed by atoms with Gasteiger partial charge in [-0.3, -0.25) is 4.79 Å². The molecule has 6 nitrogen and oxygen atoms in total. The molecule has 0 bridgehead atoms. The van der Waals surface area contributed by atoms with E-state index in [1.54, 1.807) is 18.3 Å². The van der Waals surface area contributed by atoms with Gasteiger partial charge < -0.3 is 14.6 Å². The van der Waals surface area contributed by atoms with Crippen LogP contribution in [0, 0.1) is 0 Å². The van der Waals surface area contributed by atoms with Crippen LogP contribution in [0.5, 0.6) is 0 Å². The molecule has 20 heavy (non-hydrogen) atoms. The lowest BCUT2D eigenvalue weighted by molar-refractivity contribution is 0.0901. The van der Waals surface area contributed by atoms with Gasteiger partial charge in [0.2, 0.25) is 0 Å². The van der Waals surface area contributed by atoms with Crippen LogP contribution in [0.2, 0.25) is 0 Å².